The molecule has 0 spiro atoms. The summed E-state index contributed by atoms with van der Waals surface area (Å²) < 4.78 is 9.81. The molecule has 0 saturated heterocycles. The average molecular weight is 232 g/mol. The Bertz CT molecular complexity index is 241. The van der Waals surface area contributed by atoms with Crippen molar-refractivity contribution in [3.05, 3.63) is 0 Å². The number of aliphatic hydroxyl groups excluding tert-OH is 1. The topological polar surface area (TPSA) is 72.8 Å². The number of ether oxygens (including phenoxy) is 2. The van der Waals surface area contributed by atoms with Gasteiger partial charge in [0.15, 0.2) is 0 Å². The Balaban J connectivity index is 4.02. The minimum absolute atomic E-state index is 0.0328. The van der Waals surface area contributed by atoms with E-state index >= 15 is 0 Å². The number of rotatable bonds is 5. The fourth-order valence-corrected chi connectivity index (χ4v) is 1.03. The zero-order chi connectivity index (χ0) is 12.8. The van der Waals surface area contributed by atoms with Crippen LogP contribution in [-0.2, 0) is 19.1 Å². The van der Waals surface area contributed by atoms with E-state index in [4.69, 9.17) is 14.6 Å². The molecule has 0 bridgehead atoms. The Hall–Kier alpha value is -1.10. The minimum atomic E-state index is -0.543. The van der Waals surface area contributed by atoms with Gasteiger partial charge in [0, 0.05) is 19.4 Å². The summed E-state index contributed by atoms with van der Waals surface area (Å²) in [6.07, 6.45) is 0.0427. The van der Waals surface area contributed by atoms with E-state index in [1.54, 1.807) is 20.8 Å². The lowest BCUT2D eigenvalue weighted by Crippen LogP contribution is -2.27. The molecule has 0 aromatic rings. The Morgan fingerprint density at radius 3 is 2.25 bits per heavy atom. The molecule has 0 heterocycles. The second-order valence-electron chi connectivity index (χ2n) is 4.64. The number of carbonyl (C=O) groups excluding carboxylic acids is 2. The van der Waals surface area contributed by atoms with Gasteiger partial charge in [0.05, 0.1) is 13.0 Å². The molecular weight excluding hydrogens is 212 g/mol. The number of hydrogen-bond donors (Lipinski definition) is 1. The molecule has 1 atom stereocenters. The quantitative estimate of drug-likeness (QED) is 0.713. The summed E-state index contributed by atoms with van der Waals surface area (Å²) in [6.45, 7) is 6.40. The van der Waals surface area contributed by atoms with Crippen LogP contribution in [0.15, 0.2) is 0 Å². The van der Waals surface area contributed by atoms with Gasteiger partial charge in [0.25, 0.3) is 0 Å². The maximum atomic E-state index is 11.4. The Kier molecular flexibility index (Phi) is 6.03. The van der Waals surface area contributed by atoms with Crippen molar-refractivity contribution in [2.24, 2.45) is 5.92 Å². The van der Waals surface area contributed by atoms with Crippen molar-refractivity contribution >= 4 is 11.9 Å². The van der Waals surface area contributed by atoms with Crippen LogP contribution in [0.5, 0.6) is 0 Å². The molecule has 94 valence electrons. The Morgan fingerprint density at radius 1 is 1.31 bits per heavy atom. The third-order valence-corrected chi connectivity index (χ3v) is 1.66. The van der Waals surface area contributed by atoms with Crippen LogP contribution in [0.1, 0.15) is 34.1 Å². The van der Waals surface area contributed by atoms with Gasteiger partial charge in [0.1, 0.15) is 5.60 Å². The molecule has 5 nitrogen and oxygen atoms in total. The summed E-state index contributed by atoms with van der Waals surface area (Å²) in [6, 6.07) is 0. The van der Waals surface area contributed by atoms with Crippen molar-refractivity contribution in [3.63, 3.8) is 0 Å². The number of esters is 2. The van der Waals surface area contributed by atoms with Crippen LogP contribution in [0.25, 0.3) is 0 Å². The molecule has 16 heavy (non-hydrogen) atoms. The fourth-order valence-electron chi connectivity index (χ4n) is 1.03. The maximum Gasteiger partial charge on any atom is 0.306 e. The van der Waals surface area contributed by atoms with Gasteiger partial charge in [-0.1, -0.05) is 0 Å². The highest BCUT2D eigenvalue weighted by Gasteiger charge is 2.20. The van der Waals surface area contributed by atoms with Crippen LogP contribution in [0.4, 0.5) is 0 Å². The lowest BCUT2D eigenvalue weighted by atomic mass is 10.1. The molecule has 0 amide bonds. The van der Waals surface area contributed by atoms with E-state index in [0.29, 0.717) is 0 Å². The predicted octanol–water partition coefficient (Wildman–Crippen LogP) is 0.890. The summed E-state index contributed by atoms with van der Waals surface area (Å²) in [5.41, 5.74) is -0.543. The fraction of sp³-hybridized carbons (Fsp3) is 0.818. The molecule has 0 aliphatic heterocycles. The second-order valence-corrected chi connectivity index (χ2v) is 4.64. The minimum Gasteiger partial charge on any atom is -0.465 e. The zero-order valence-corrected chi connectivity index (χ0v) is 10.3. The van der Waals surface area contributed by atoms with Gasteiger partial charge >= 0.3 is 11.9 Å². The van der Waals surface area contributed by atoms with Crippen molar-refractivity contribution in [3.8, 4) is 0 Å². The number of carbonyl (C=O) groups is 2. The molecule has 0 aromatic heterocycles. The normalized spacial score (nSPS) is 13.1. The third-order valence-electron chi connectivity index (χ3n) is 1.66. The molecule has 0 rings (SSSR count). The first-order valence-corrected chi connectivity index (χ1v) is 5.20. The summed E-state index contributed by atoms with van der Waals surface area (Å²) >= 11 is 0. The molecule has 0 saturated carbocycles. The molecule has 1 N–H and O–H groups in total. The van der Waals surface area contributed by atoms with Crippen molar-refractivity contribution in [1.82, 2.24) is 0 Å². The van der Waals surface area contributed by atoms with Crippen LogP contribution in [-0.4, -0.2) is 35.9 Å². The van der Waals surface area contributed by atoms with Gasteiger partial charge < -0.3 is 14.6 Å². The van der Waals surface area contributed by atoms with E-state index in [9.17, 15) is 9.59 Å². The highest BCUT2D eigenvalue weighted by atomic mass is 16.6. The first-order valence-electron chi connectivity index (χ1n) is 5.20. The Labute approximate surface area is 95.7 Å². The predicted molar refractivity (Wildman–Crippen MR) is 57.7 cm³/mol. The van der Waals surface area contributed by atoms with Gasteiger partial charge in [0.2, 0.25) is 0 Å². The van der Waals surface area contributed by atoms with Crippen LogP contribution >= 0.6 is 0 Å². The van der Waals surface area contributed by atoms with Crippen LogP contribution in [0.3, 0.4) is 0 Å². The van der Waals surface area contributed by atoms with Gasteiger partial charge in [-0.2, -0.15) is 0 Å². The average Bonchev–Trinajstić information content (AvgIpc) is 2.08. The highest BCUT2D eigenvalue weighted by Crippen LogP contribution is 2.12. The smallest absolute Gasteiger partial charge is 0.306 e. The van der Waals surface area contributed by atoms with Crippen LogP contribution < -0.4 is 0 Å². The SMILES string of the molecule is CC(=O)OC[C@@H](CO)CC(=O)OC(C)(C)C. The molecular formula is C11H20O5. The van der Waals surface area contributed by atoms with Crippen molar-refractivity contribution < 1.29 is 24.2 Å². The largest absolute Gasteiger partial charge is 0.465 e. The third kappa shape index (κ3) is 8.23. The van der Waals surface area contributed by atoms with E-state index in [1.165, 1.54) is 6.92 Å². The van der Waals surface area contributed by atoms with Crippen molar-refractivity contribution in [1.29, 1.82) is 0 Å². The molecule has 0 radical (unpaired) electrons. The summed E-state index contributed by atoms with van der Waals surface area (Å²) in [5, 5.41) is 8.99. The van der Waals surface area contributed by atoms with Crippen molar-refractivity contribution in [2.75, 3.05) is 13.2 Å². The first kappa shape index (κ1) is 14.9. The molecule has 0 aromatic carbocycles. The van der Waals surface area contributed by atoms with E-state index < -0.39 is 23.5 Å². The van der Waals surface area contributed by atoms with Gasteiger partial charge in [-0.05, 0) is 20.8 Å². The first-order chi connectivity index (χ1) is 7.24. The van der Waals surface area contributed by atoms with Crippen LogP contribution in [0.2, 0.25) is 0 Å². The lowest BCUT2D eigenvalue weighted by Gasteiger charge is -2.21. The highest BCUT2D eigenvalue weighted by molar-refractivity contribution is 5.70. The summed E-state index contributed by atoms with van der Waals surface area (Å²) in [7, 11) is 0. The lowest BCUT2D eigenvalue weighted by molar-refractivity contribution is -0.158. The van der Waals surface area contributed by atoms with E-state index in [1.807, 2.05) is 0 Å². The van der Waals surface area contributed by atoms with Gasteiger partial charge in [-0.25, -0.2) is 0 Å². The molecule has 0 aliphatic rings. The van der Waals surface area contributed by atoms with Gasteiger partial charge in [-0.3, -0.25) is 9.59 Å². The second kappa shape index (κ2) is 6.48. The maximum absolute atomic E-state index is 11.4. The molecule has 5 heteroatoms. The molecule has 0 aliphatic carbocycles. The standard InChI is InChI=1S/C11H20O5/c1-8(13)15-7-9(6-12)5-10(14)16-11(2,3)4/h9,12H,5-7H2,1-4H3/t9-/m1/s1. The molecule has 0 fully saturated rings. The summed E-state index contributed by atoms with van der Waals surface area (Å²) in [4.78, 5) is 22.0. The zero-order valence-electron chi connectivity index (χ0n) is 10.3. The monoisotopic (exact) mass is 232 g/mol. The Morgan fingerprint density at radius 2 is 1.88 bits per heavy atom. The molecule has 0 unspecified atom stereocenters. The van der Waals surface area contributed by atoms with Crippen molar-refractivity contribution in [2.45, 2.75) is 39.7 Å². The van der Waals surface area contributed by atoms with E-state index in [2.05, 4.69) is 0 Å². The summed E-state index contributed by atoms with van der Waals surface area (Å²) in [5.74, 6) is -1.24. The van der Waals surface area contributed by atoms with E-state index in [0.717, 1.165) is 0 Å². The van der Waals surface area contributed by atoms with Crippen LogP contribution in [0, 0.1) is 5.92 Å². The number of hydrogen-bond acceptors (Lipinski definition) is 5. The van der Waals surface area contributed by atoms with E-state index in [-0.39, 0.29) is 19.6 Å². The number of aliphatic hydroxyl groups is 1. The van der Waals surface area contributed by atoms with Gasteiger partial charge in [-0.15, -0.1) is 0 Å².